The zero-order chi connectivity index (χ0) is 17.8. The minimum absolute atomic E-state index is 0.00637. The van der Waals surface area contributed by atoms with Gasteiger partial charge in [0.15, 0.2) is 0 Å². The van der Waals surface area contributed by atoms with Crippen LogP contribution in [-0.2, 0) is 32.5 Å². The van der Waals surface area contributed by atoms with E-state index in [-0.39, 0.29) is 23.8 Å². The molecule has 0 aliphatic carbocycles. The molecule has 1 atom stereocenters. The molecule has 0 radical (unpaired) electrons. The molecule has 7 nitrogen and oxygen atoms in total. The number of carbonyl (C=O) groups excluding carboxylic acids is 1. The molecule has 25 heavy (non-hydrogen) atoms. The predicted molar refractivity (Wildman–Crippen MR) is 90.0 cm³/mol. The number of nitrogens with zero attached hydrogens (tertiary/aromatic N) is 2. The summed E-state index contributed by atoms with van der Waals surface area (Å²) in [6, 6.07) is 2.18. The van der Waals surface area contributed by atoms with Gasteiger partial charge in [0.1, 0.15) is 6.04 Å². The molecular weight excluding hydrogens is 344 g/mol. The van der Waals surface area contributed by atoms with Crippen LogP contribution in [0, 0.1) is 0 Å². The van der Waals surface area contributed by atoms with Crippen LogP contribution in [0.3, 0.4) is 0 Å². The number of carboxylic acids is 1. The highest BCUT2D eigenvalue weighted by Crippen LogP contribution is 2.39. The van der Waals surface area contributed by atoms with E-state index in [2.05, 4.69) is 0 Å². The summed E-state index contributed by atoms with van der Waals surface area (Å²) >= 11 is 0. The normalized spacial score (nSPS) is 23.6. The van der Waals surface area contributed by atoms with Gasteiger partial charge in [-0.15, -0.1) is 0 Å². The van der Waals surface area contributed by atoms with Crippen molar-refractivity contribution in [2.24, 2.45) is 0 Å². The van der Waals surface area contributed by atoms with E-state index in [1.165, 1.54) is 0 Å². The molecule has 1 amide bonds. The van der Waals surface area contributed by atoms with Crippen molar-refractivity contribution in [1.29, 1.82) is 0 Å². The van der Waals surface area contributed by atoms with Gasteiger partial charge in [0.25, 0.3) is 0 Å². The lowest BCUT2D eigenvalue weighted by atomic mass is 10.0. The first-order valence-corrected chi connectivity index (χ1v) is 10.0. The van der Waals surface area contributed by atoms with Crippen LogP contribution in [0.5, 0.6) is 0 Å². The minimum atomic E-state index is -3.90. The second kappa shape index (κ2) is 5.81. The summed E-state index contributed by atoms with van der Waals surface area (Å²) in [7, 11) is -3.90. The van der Waals surface area contributed by atoms with E-state index in [4.69, 9.17) is 0 Å². The Bertz CT molecular complexity index is 864. The van der Waals surface area contributed by atoms with Gasteiger partial charge in [-0.3, -0.25) is 9.59 Å². The van der Waals surface area contributed by atoms with Gasteiger partial charge in [-0.1, -0.05) is 0 Å². The summed E-state index contributed by atoms with van der Waals surface area (Å²) in [5.74, 6) is -1.10. The largest absolute Gasteiger partial charge is 0.480 e. The van der Waals surface area contributed by atoms with Crippen LogP contribution in [-0.4, -0.2) is 48.8 Å². The first kappa shape index (κ1) is 16.5. The number of piperidine rings is 1. The molecule has 1 N–H and O–H groups in total. The summed E-state index contributed by atoms with van der Waals surface area (Å²) < 4.78 is 27.3. The molecule has 0 bridgehead atoms. The van der Waals surface area contributed by atoms with Gasteiger partial charge in [-0.25, -0.2) is 8.42 Å². The first-order chi connectivity index (χ1) is 11.9. The molecule has 0 saturated carbocycles. The zero-order valence-electron chi connectivity index (χ0n) is 13.8. The molecule has 0 spiro atoms. The van der Waals surface area contributed by atoms with Gasteiger partial charge in [-0.2, -0.15) is 4.31 Å². The fourth-order valence-electron chi connectivity index (χ4n) is 4.17. The molecule has 3 aliphatic rings. The van der Waals surface area contributed by atoms with E-state index >= 15 is 0 Å². The third kappa shape index (κ3) is 2.55. The molecule has 0 aromatic heterocycles. The summed E-state index contributed by atoms with van der Waals surface area (Å²) in [6.07, 6.45) is 3.46. The topological polar surface area (TPSA) is 95.0 Å². The average Bonchev–Trinajstić information content (AvgIpc) is 2.92. The monoisotopic (exact) mass is 364 g/mol. The average molecular weight is 364 g/mol. The fraction of sp³-hybridized carbons (Fsp3) is 0.529. The van der Waals surface area contributed by atoms with E-state index in [0.29, 0.717) is 25.8 Å². The van der Waals surface area contributed by atoms with Crippen molar-refractivity contribution in [3.05, 3.63) is 23.3 Å². The summed E-state index contributed by atoms with van der Waals surface area (Å²) in [5, 5.41) is 9.40. The highest BCUT2D eigenvalue weighted by atomic mass is 32.2. The van der Waals surface area contributed by atoms with Gasteiger partial charge < -0.3 is 10.0 Å². The van der Waals surface area contributed by atoms with Crippen LogP contribution in [0.1, 0.15) is 36.8 Å². The molecule has 1 saturated heterocycles. The number of carbonyl (C=O) groups is 2. The Morgan fingerprint density at radius 3 is 2.64 bits per heavy atom. The van der Waals surface area contributed by atoms with Crippen LogP contribution in [0.4, 0.5) is 5.69 Å². The first-order valence-electron chi connectivity index (χ1n) is 8.60. The third-order valence-corrected chi connectivity index (χ3v) is 7.21. The Morgan fingerprint density at radius 2 is 1.88 bits per heavy atom. The van der Waals surface area contributed by atoms with E-state index in [9.17, 15) is 23.1 Å². The zero-order valence-corrected chi connectivity index (χ0v) is 14.6. The maximum absolute atomic E-state index is 13.1. The van der Waals surface area contributed by atoms with E-state index < -0.39 is 22.0 Å². The highest BCUT2D eigenvalue weighted by Gasteiger charge is 2.40. The van der Waals surface area contributed by atoms with Crippen molar-refractivity contribution in [3.63, 3.8) is 0 Å². The Morgan fingerprint density at radius 1 is 1.12 bits per heavy atom. The Balaban J connectivity index is 1.78. The minimum Gasteiger partial charge on any atom is -0.480 e. The van der Waals surface area contributed by atoms with Crippen molar-refractivity contribution >= 4 is 27.6 Å². The maximum Gasteiger partial charge on any atom is 0.322 e. The quantitative estimate of drug-likeness (QED) is 0.868. The maximum atomic E-state index is 13.1. The lowest BCUT2D eigenvalue weighted by Gasteiger charge is -2.32. The van der Waals surface area contributed by atoms with Gasteiger partial charge in [0.2, 0.25) is 15.9 Å². The Kier molecular flexibility index (Phi) is 3.84. The molecule has 134 valence electrons. The predicted octanol–water partition coefficient (Wildman–Crippen LogP) is 1.15. The van der Waals surface area contributed by atoms with Crippen LogP contribution in [0.2, 0.25) is 0 Å². The number of benzene rings is 1. The van der Waals surface area contributed by atoms with E-state index in [1.807, 2.05) is 0 Å². The molecule has 3 heterocycles. The summed E-state index contributed by atoms with van der Waals surface area (Å²) in [5.41, 5.74) is 2.48. The summed E-state index contributed by atoms with van der Waals surface area (Å²) in [4.78, 5) is 25.5. The molecule has 4 rings (SSSR count). The fourth-order valence-corrected chi connectivity index (χ4v) is 5.92. The second-order valence-corrected chi connectivity index (χ2v) is 8.77. The number of sulfonamides is 1. The SMILES string of the molecule is O=C(O)C1CCCCN1S(=O)(=O)c1cc2c3c(c1)CC(=O)N3CCC2. The number of aliphatic carboxylic acids is 1. The molecule has 1 fully saturated rings. The van der Waals surface area contributed by atoms with Crippen molar-refractivity contribution in [2.75, 3.05) is 18.0 Å². The molecule has 3 aliphatic heterocycles. The number of rotatable bonds is 3. The van der Waals surface area contributed by atoms with Crippen molar-refractivity contribution in [2.45, 2.75) is 49.5 Å². The van der Waals surface area contributed by atoms with Gasteiger partial charge in [-0.05, 0) is 55.4 Å². The Hall–Kier alpha value is -1.93. The lowest BCUT2D eigenvalue weighted by Crippen LogP contribution is -2.47. The number of aryl methyl sites for hydroxylation is 1. The molecule has 1 aromatic rings. The number of carboxylic acid groups (broad SMARTS) is 1. The molecule has 1 unspecified atom stereocenters. The lowest BCUT2D eigenvalue weighted by molar-refractivity contribution is -0.142. The second-order valence-electron chi connectivity index (χ2n) is 6.88. The number of anilines is 1. The summed E-state index contributed by atoms with van der Waals surface area (Å²) in [6.45, 7) is 0.898. The number of hydrogen-bond acceptors (Lipinski definition) is 4. The molecular formula is C17H20N2O5S. The van der Waals surface area contributed by atoms with Gasteiger partial charge in [0.05, 0.1) is 17.0 Å². The van der Waals surface area contributed by atoms with Gasteiger partial charge >= 0.3 is 5.97 Å². The highest BCUT2D eigenvalue weighted by molar-refractivity contribution is 7.89. The van der Waals surface area contributed by atoms with Crippen LogP contribution < -0.4 is 4.90 Å². The Labute approximate surface area is 146 Å². The van der Waals surface area contributed by atoms with Crippen molar-refractivity contribution < 1.29 is 23.1 Å². The number of amides is 1. The smallest absolute Gasteiger partial charge is 0.322 e. The van der Waals surface area contributed by atoms with E-state index in [1.54, 1.807) is 17.0 Å². The number of hydrogen-bond donors (Lipinski definition) is 1. The van der Waals surface area contributed by atoms with E-state index in [0.717, 1.165) is 34.0 Å². The third-order valence-electron chi connectivity index (χ3n) is 5.33. The molecule has 1 aromatic carbocycles. The van der Waals surface area contributed by atoms with Crippen molar-refractivity contribution in [1.82, 2.24) is 4.31 Å². The van der Waals surface area contributed by atoms with Crippen LogP contribution in [0.25, 0.3) is 0 Å². The van der Waals surface area contributed by atoms with Crippen LogP contribution in [0.15, 0.2) is 17.0 Å². The van der Waals surface area contributed by atoms with Crippen LogP contribution >= 0.6 is 0 Å². The van der Waals surface area contributed by atoms with Crippen molar-refractivity contribution in [3.8, 4) is 0 Å². The van der Waals surface area contributed by atoms with Gasteiger partial charge in [0, 0.05) is 13.1 Å². The molecule has 8 heteroatoms. The standard InChI is InChI=1S/C17H20N2O5S/c20-15-10-12-9-13(8-11-4-3-6-18(15)16(11)12)25(23,24)19-7-2-1-5-14(19)17(21)22/h8-9,14H,1-7,10H2,(H,21,22).